The predicted molar refractivity (Wildman–Crippen MR) is 153 cm³/mol. The maximum atomic E-state index is 12.7. The maximum Gasteiger partial charge on any atom is 0.262 e. The molecular weight excluding hydrogens is 563 g/mol. The minimum Gasteiger partial charge on any atom is -0.484 e. The molecule has 206 valence electrons. The third kappa shape index (κ3) is 9.07. The van der Waals surface area contributed by atoms with Crippen molar-refractivity contribution >= 4 is 56.9 Å². The number of carbonyl (C=O) groups is 2. The fraction of sp³-hybridized carbons (Fsp3) is 0.222. The van der Waals surface area contributed by atoms with E-state index in [0.29, 0.717) is 27.0 Å². The van der Waals surface area contributed by atoms with Crippen molar-refractivity contribution in [2.75, 3.05) is 11.9 Å². The second-order valence-corrected chi connectivity index (χ2v) is 11.5. The van der Waals surface area contributed by atoms with E-state index in [2.05, 4.69) is 20.6 Å². The fourth-order valence-corrected chi connectivity index (χ4v) is 4.90. The highest BCUT2D eigenvalue weighted by Crippen LogP contribution is 2.25. The van der Waals surface area contributed by atoms with Gasteiger partial charge in [0.05, 0.1) is 21.2 Å². The summed E-state index contributed by atoms with van der Waals surface area (Å²) in [6.07, 6.45) is 1.41. The van der Waals surface area contributed by atoms with Gasteiger partial charge in [-0.25, -0.2) is 13.8 Å². The summed E-state index contributed by atoms with van der Waals surface area (Å²) in [6.45, 7) is 5.09. The molecule has 0 unspecified atom stereocenters. The lowest BCUT2D eigenvalue weighted by Crippen LogP contribution is -2.48. The molecule has 9 nitrogen and oxygen atoms in total. The van der Waals surface area contributed by atoms with Crippen molar-refractivity contribution in [1.29, 1.82) is 0 Å². The van der Waals surface area contributed by atoms with Gasteiger partial charge in [-0.3, -0.25) is 9.59 Å². The molecule has 0 spiro atoms. The molecule has 0 heterocycles. The third-order valence-electron chi connectivity index (χ3n) is 5.40. The Balaban J connectivity index is 1.51. The molecule has 3 rings (SSSR count). The second kappa shape index (κ2) is 13.6. The van der Waals surface area contributed by atoms with Crippen molar-refractivity contribution in [2.45, 2.75) is 31.7 Å². The van der Waals surface area contributed by atoms with Crippen LogP contribution < -0.4 is 20.2 Å². The Kier molecular flexibility index (Phi) is 10.5. The lowest BCUT2D eigenvalue weighted by molar-refractivity contribution is -0.123. The average molecular weight is 592 g/mol. The number of anilines is 1. The maximum absolute atomic E-state index is 12.7. The molecule has 0 aliphatic heterocycles. The fourth-order valence-electron chi connectivity index (χ4n) is 3.25. The minimum absolute atomic E-state index is 0.0733. The Morgan fingerprint density at radius 3 is 2.26 bits per heavy atom. The van der Waals surface area contributed by atoms with Crippen molar-refractivity contribution in [3.05, 3.63) is 87.9 Å². The zero-order chi connectivity index (χ0) is 28.6. The first-order valence-electron chi connectivity index (χ1n) is 11.8. The highest BCUT2D eigenvalue weighted by molar-refractivity contribution is 7.89. The molecule has 0 bridgehead atoms. The number of nitrogens with one attached hydrogen (secondary N) is 3. The molecule has 0 radical (unpaired) electrons. The predicted octanol–water partition coefficient (Wildman–Crippen LogP) is 4.77. The van der Waals surface area contributed by atoms with Crippen LogP contribution in [0.2, 0.25) is 10.0 Å². The Bertz CT molecular complexity index is 1440. The van der Waals surface area contributed by atoms with Crippen molar-refractivity contribution in [2.24, 2.45) is 11.0 Å². The Hall–Kier alpha value is -3.44. The summed E-state index contributed by atoms with van der Waals surface area (Å²) in [5, 5.41) is 7.31. The number of benzene rings is 3. The molecule has 0 saturated carbocycles. The standard InChI is InChI=1S/C27H28Cl2N4O5S/c1-17(2)26(33-39(36,37)22-11-4-18(3)5-12-22)27(35)32-30-15-19-6-9-21(10-7-19)38-16-25(34)31-20-8-13-23(28)24(29)14-20/h4-15,17,26,33H,16H2,1-3H3,(H,31,34)(H,32,35)/b30-15-/t26-/m1/s1. The van der Waals surface area contributed by atoms with Crippen LogP contribution in [0.4, 0.5) is 5.69 Å². The number of aryl methyl sites for hydroxylation is 1. The first kappa shape index (κ1) is 30.1. The topological polar surface area (TPSA) is 126 Å². The number of amides is 2. The van der Waals surface area contributed by atoms with Gasteiger partial charge in [-0.05, 0) is 73.0 Å². The summed E-state index contributed by atoms with van der Waals surface area (Å²) in [5.41, 5.74) is 4.44. The second-order valence-electron chi connectivity index (χ2n) is 8.93. The van der Waals surface area contributed by atoms with Gasteiger partial charge in [-0.2, -0.15) is 9.82 Å². The monoisotopic (exact) mass is 590 g/mol. The van der Waals surface area contributed by atoms with Crippen LogP contribution in [0.15, 0.2) is 76.7 Å². The van der Waals surface area contributed by atoms with Gasteiger partial charge >= 0.3 is 0 Å². The minimum atomic E-state index is -3.90. The first-order valence-corrected chi connectivity index (χ1v) is 14.1. The number of carbonyl (C=O) groups excluding carboxylic acids is 2. The summed E-state index contributed by atoms with van der Waals surface area (Å²) < 4.78 is 33.4. The number of rotatable bonds is 11. The van der Waals surface area contributed by atoms with E-state index in [0.717, 1.165) is 5.56 Å². The van der Waals surface area contributed by atoms with Crippen LogP contribution >= 0.6 is 23.2 Å². The summed E-state index contributed by atoms with van der Waals surface area (Å²) >= 11 is 11.8. The largest absolute Gasteiger partial charge is 0.484 e. The summed E-state index contributed by atoms with van der Waals surface area (Å²) in [4.78, 5) is 24.9. The molecule has 3 aromatic carbocycles. The Morgan fingerprint density at radius 1 is 0.974 bits per heavy atom. The van der Waals surface area contributed by atoms with Crippen LogP contribution in [0.5, 0.6) is 5.75 Å². The molecule has 12 heteroatoms. The molecule has 2 amide bonds. The van der Waals surface area contributed by atoms with Gasteiger partial charge in [0.25, 0.3) is 11.8 Å². The molecule has 3 aromatic rings. The SMILES string of the molecule is Cc1ccc(S(=O)(=O)N[C@@H](C(=O)N/N=C\c2ccc(OCC(=O)Nc3ccc(Cl)c(Cl)c3)cc2)C(C)C)cc1. The van der Waals surface area contributed by atoms with E-state index in [1.807, 2.05) is 6.92 Å². The molecule has 0 aliphatic carbocycles. The van der Waals surface area contributed by atoms with Crippen molar-refractivity contribution in [3.8, 4) is 5.75 Å². The number of hydrazone groups is 1. The van der Waals surface area contributed by atoms with Gasteiger partial charge < -0.3 is 10.1 Å². The summed E-state index contributed by atoms with van der Waals surface area (Å²) in [6, 6.07) is 16.7. The molecule has 0 fully saturated rings. The number of sulfonamides is 1. The molecule has 3 N–H and O–H groups in total. The molecule has 0 aromatic heterocycles. The zero-order valence-electron chi connectivity index (χ0n) is 21.4. The first-order chi connectivity index (χ1) is 18.4. The van der Waals surface area contributed by atoms with Gasteiger partial charge in [-0.15, -0.1) is 0 Å². The van der Waals surface area contributed by atoms with E-state index in [1.54, 1.807) is 62.4 Å². The van der Waals surface area contributed by atoms with Gasteiger partial charge in [0.2, 0.25) is 10.0 Å². The molecule has 39 heavy (non-hydrogen) atoms. The Labute approximate surface area is 237 Å². The number of nitrogens with zero attached hydrogens (tertiary/aromatic N) is 1. The number of halogens is 2. The van der Waals surface area contributed by atoms with Crippen LogP contribution in [0.1, 0.15) is 25.0 Å². The van der Waals surface area contributed by atoms with Crippen LogP contribution in [-0.2, 0) is 19.6 Å². The highest BCUT2D eigenvalue weighted by Gasteiger charge is 2.28. The Morgan fingerprint density at radius 2 is 1.64 bits per heavy atom. The van der Waals surface area contributed by atoms with Gasteiger partial charge in [-0.1, -0.05) is 54.7 Å². The highest BCUT2D eigenvalue weighted by atomic mass is 35.5. The molecule has 0 saturated heterocycles. The van der Waals surface area contributed by atoms with E-state index in [-0.39, 0.29) is 23.3 Å². The number of hydrogen-bond donors (Lipinski definition) is 3. The number of ether oxygens (including phenoxy) is 1. The van der Waals surface area contributed by atoms with Crippen LogP contribution in [0, 0.1) is 12.8 Å². The van der Waals surface area contributed by atoms with E-state index in [4.69, 9.17) is 27.9 Å². The van der Waals surface area contributed by atoms with Crippen LogP contribution in [-0.4, -0.2) is 39.1 Å². The van der Waals surface area contributed by atoms with E-state index >= 15 is 0 Å². The smallest absolute Gasteiger partial charge is 0.262 e. The quantitative estimate of drug-likeness (QED) is 0.219. The van der Waals surface area contributed by atoms with Gasteiger partial charge in [0.15, 0.2) is 6.61 Å². The summed E-state index contributed by atoms with van der Waals surface area (Å²) in [5.74, 6) is -0.846. The average Bonchev–Trinajstić information content (AvgIpc) is 2.89. The van der Waals surface area contributed by atoms with E-state index < -0.39 is 22.0 Å². The van der Waals surface area contributed by atoms with Crippen LogP contribution in [0.3, 0.4) is 0 Å². The molecule has 0 aliphatic rings. The van der Waals surface area contributed by atoms with Crippen molar-refractivity contribution in [3.63, 3.8) is 0 Å². The lowest BCUT2D eigenvalue weighted by atomic mass is 10.1. The third-order valence-corrected chi connectivity index (χ3v) is 7.60. The zero-order valence-corrected chi connectivity index (χ0v) is 23.8. The normalized spacial score (nSPS) is 12.4. The number of hydrogen-bond acceptors (Lipinski definition) is 6. The summed E-state index contributed by atoms with van der Waals surface area (Å²) in [7, 11) is -3.90. The van der Waals surface area contributed by atoms with Crippen molar-refractivity contribution < 1.29 is 22.7 Å². The lowest BCUT2D eigenvalue weighted by Gasteiger charge is -2.20. The molecular formula is C27H28Cl2N4O5S. The van der Waals surface area contributed by atoms with Gasteiger partial charge in [0.1, 0.15) is 11.8 Å². The van der Waals surface area contributed by atoms with Crippen molar-refractivity contribution in [1.82, 2.24) is 10.1 Å². The van der Waals surface area contributed by atoms with E-state index in [1.165, 1.54) is 24.4 Å². The molecule has 1 atom stereocenters. The van der Waals surface area contributed by atoms with Gasteiger partial charge in [0, 0.05) is 5.69 Å². The van der Waals surface area contributed by atoms with E-state index in [9.17, 15) is 18.0 Å². The van der Waals surface area contributed by atoms with Crippen LogP contribution in [0.25, 0.3) is 0 Å².